The lowest BCUT2D eigenvalue weighted by Crippen LogP contribution is -2.19. The molecule has 40 valence electrons. The first-order valence-electron chi connectivity index (χ1n) is 2.05. The van der Waals surface area contributed by atoms with Crippen molar-refractivity contribution < 1.29 is 8.42 Å². The maximum Gasteiger partial charge on any atom is 0.177 e. The van der Waals surface area contributed by atoms with Crippen LogP contribution in [0.25, 0.3) is 0 Å². The van der Waals surface area contributed by atoms with E-state index in [0.29, 0.717) is 0 Å². The topological polar surface area (TPSA) is 34.1 Å². The molecular formula is C4H6O2S. The van der Waals surface area contributed by atoms with Crippen LogP contribution in [0.1, 0.15) is 6.92 Å². The third kappa shape index (κ3) is 0.567. The molecule has 0 aromatic carbocycles. The van der Waals surface area contributed by atoms with E-state index >= 15 is 0 Å². The van der Waals surface area contributed by atoms with Crippen LogP contribution in [0.5, 0.6) is 0 Å². The van der Waals surface area contributed by atoms with Crippen molar-refractivity contribution in [2.75, 3.05) is 0 Å². The number of sulfone groups is 1. The van der Waals surface area contributed by atoms with Crippen molar-refractivity contribution in [1.29, 1.82) is 0 Å². The van der Waals surface area contributed by atoms with Gasteiger partial charge in [0.25, 0.3) is 0 Å². The molecule has 0 saturated carbocycles. The van der Waals surface area contributed by atoms with Crippen molar-refractivity contribution in [3.8, 4) is 0 Å². The van der Waals surface area contributed by atoms with E-state index in [4.69, 9.17) is 0 Å². The molecule has 0 aliphatic carbocycles. The van der Waals surface area contributed by atoms with Gasteiger partial charge in [-0.25, -0.2) is 8.42 Å². The second kappa shape index (κ2) is 1.10. The van der Waals surface area contributed by atoms with Crippen molar-refractivity contribution in [2.45, 2.75) is 12.2 Å². The molecule has 0 fully saturated rings. The standard InChI is InChI=1S/C4H6O2S/c1-4-2-3-7(4,5)6/h2-4H,1H3/t4-/m1/s1. The minimum atomic E-state index is -2.74. The van der Waals surface area contributed by atoms with E-state index in [1.165, 1.54) is 5.41 Å². The lowest BCUT2D eigenvalue weighted by molar-refractivity contribution is 0.595. The molecule has 0 N–H and O–H groups in total. The molecule has 0 bridgehead atoms. The van der Waals surface area contributed by atoms with Crippen LogP contribution in [-0.4, -0.2) is 13.7 Å². The Balaban J connectivity index is 3.08. The van der Waals surface area contributed by atoms with Crippen LogP contribution >= 0.6 is 0 Å². The summed E-state index contributed by atoms with van der Waals surface area (Å²) < 4.78 is 20.7. The van der Waals surface area contributed by atoms with E-state index in [2.05, 4.69) is 0 Å². The smallest absolute Gasteiger partial charge is 0.177 e. The zero-order chi connectivity index (χ0) is 5.49. The highest BCUT2D eigenvalue weighted by Gasteiger charge is 2.22. The Morgan fingerprint density at radius 1 is 1.57 bits per heavy atom. The summed E-state index contributed by atoms with van der Waals surface area (Å²) in [5, 5.41) is 1.00. The van der Waals surface area contributed by atoms with Gasteiger partial charge >= 0.3 is 0 Å². The quantitative estimate of drug-likeness (QED) is 0.459. The summed E-state index contributed by atoms with van der Waals surface area (Å²) in [6, 6.07) is 0. The fraction of sp³-hybridized carbons (Fsp3) is 0.500. The Bertz CT molecular complexity index is 188. The van der Waals surface area contributed by atoms with Crippen LogP contribution in [-0.2, 0) is 9.84 Å². The molecule has 0 aromatic rings. The fourth-order valence-corrected chi connectivity index (χ4v) is 1.09. The highest BCUT2D eigenvalue weighted by atomic mass is 32.2. The van der Waals surface area contributed by atoms with Crippen molar-refractivity contribution in [1.82, 2.24) is 0 Å². The van der Waals surface area contributed by atoms with E-state index < -0.39 is 9.84 Å². The average molecular weight is 118 g/mol. The minimum absolute atomic E-state index is 0.229. The van der Waals surface area contributed by atoms with Gasteiger partial charge in [0.1, 0.15) is 0 Å². The summed E-state index contributed by atoms with van der Waals surface area (Å²) in [5.41, 5.74) is 0. The zero-order valence-electron chi connectivity index (χ0n) is 3.96. The molecule has 1 aliphatic rings. The Labute approximate surface area is 42.8 Å². The predicted octanol–water partition coefficient (Wildman–Crippen LogP) is 0.317. The number of hydrogen-bond acceptors (Lipinski definition) is 2. The maximum absolute atomic E-state index is 10.3. The van der Waals surface area contributed by atoms with Gasteiger partial charge in [-0.1, -0.05) is 6.08 Å². The fourth-order valence-electron chi connectivity index (χ4n) is 0.364. The van der Waals surface area contributed by atoms with Gasteiger partial charge in [0.05, 0.1) is 5.25 Å². The van der Waals surface area contributed by atoms with Crippen LogP contribution in [0.3, 0.4) is 0 Å². The monoisotopic (exact) mass is 118 g/mol. The minimum Gasteiger partial charge on any atom is -0.224 e. The summed E-state index contributed by atoms with van der Waals surface area (Å²) in [7, 11) is -2.74. The first-order chi connectivity index (χ1) is 3.13. The van der Waals surface area contributed by atoms with E-state index in [9.17, 15) is 8.42 Å². The Kier molecular flexibility index (Phi) is 0.757. The molecule has 1 atom stereocenters. The Morgan fingerprint density at radius 2 is 2.00 bits per heavy atom. The second-order valence-corrected chi connectivity index (χ2v) is 3.82. The Morgan fingerprint density at radius 3 is 2.00 bits per heavy atom. The van der Waals surface area contributed by atoms with Crippen LogP contribution in [0, 0.1) is 0 Å². The molecule has 0 radical (unpaired) electrons. The first-order valence-corrected chi connectivity index (χ1v) is 3.66. The van der Waals surface area contributed by atoms with E-state index in [0.717, 1.165) is 0 Å². The normalized spacial score (nSPS) is 34.7. The summed E-state index contributed by atoms with van der Waals surface area (Å²) in [6.45, 7) is 1.66. The summed E-state index contributed by atoms with van der Waals surface area (Å²) in [4.78, 5) is 0. The molecule has 0 unspecified atom stereocenters. The number of hydrogen-bond donors (Lipinski definition) is 0. The van der Waals surface area contributed by atoms with Gasteiger partial charge in [-0.15, -0.1) is 0 Å². The van der Waals surface area contributed by atoms with E-state index in [1.54, 1.807) is 13.0 Å². The van der Waals surface area contributed by atoms with E-state index in [1.807, 2.05) is 0 Å². The lowest BCUT2D eigenvalue weighted by atomic mass is 10.5. The SMILES string of the molecule is C[C@@H]1C=CS1(=O)=O. The highest BCUT2D eigenvalue weighted by Crippen LogP contribution is 2.14. The van der Waals surface area contributed by atoms with Crippen LogP contribution in [0.15, 0.2) is 11.5 Å². The molecule has 0 saturated heterocycles. The van der Waals surface area contributed by atoms with Gasteiger partial charge in [0.15, 0.2) is 9.84 Å². The molecule has 2 nitrogen and oxygen atoms in total. The zero-order valence-corrected chi connectivity index (χ0v) is 4.77. The molecule has 1 heterocycles. The predicted molar refractivity (Wildman–Crippen MR) is 27.5 cm³/mol. The highest BCUT2D eigenvalue weighted by molar-refractivity contribution is 7.96. The molecule has 0 spiro atoms. The van der Waals surface area contributed by atoms with Crippen molar-refractivity contribution >= 4 is 9.84 Å². The van der Waals surface area contributed by atoms with Gasteiger partial charge in [0, 0.05) is 5.41 Å². The maximum atomic E-state index is 10.3. The second-order valence-electron chi connectivity index (χ2n) is 1.62. The lowest BCUT2D eigenvalue weighted by Gasteiger charge is -2.10. The van der Waals surface area contributed by atoms with Gasteiger partial charge in [0.2, 0.25) is 0 Å². The van der Waals surface area contributed by atoms with Crippen molar-refractivity contribution in [3.05, 3.63) is 11.5 Å². The summed E-state index contributed by atoms with van der Waals surface area (Å²) in [5.74, 6) is 0. The summed E-state index contributed by atoms with van der Waals surface area (Å²) >= 11 is 0. The molecule has 0 amide bonds. The largest absolute Gasteiger partial charge is 0.224 e. The summed E-state index contributed by atoms with van der Waals surface area (Å²) in [6.07, 6.45) is 1.66. The third-order valence-corrected chi connectivity index (χ3v) is 2.79. The molecule has 3 heteroatoms. The number of rotatable bonds is 0. The van der Waals surface area contributed by atoms with Crippen LogP contribution < -0.4 is 0 Å². The van der Waals surface area contributed by atoms with Crippen LogP contribution in [0.4, 0.5) is 0 Å². The van der Waals surface area contributed by atoms with Crippen molar-refractivity contribution in [3.63, 3.8) is 0 Å². The first kappa shape index (κ1) is 4.84. The Hall–Kier alpha value is -0.310. The molecule has 1 aliphatic heterocycles. The van der Waals surface area contributed by atoms with E-state index in [-0.39, 0.29) is 5.25 Å². The van der Waals surface area contributed by atoms with Gasteiger partial charge in [-0.2, -0.15) is 0 Å². The molecular weight excluding hydrogens is 112 g/mol. The molecule has 1 rings (SSSR count). The van der Waals surface area contributed by atoms with Crippen LogP contribution in [0.2, 0.25) is 0 Å². The van der Waals surface area contributed by atoms with Crippen molar-refractivity contribution in [2.24, 2.45) is 0 Å². The third-order valence-electron chi connectivity index (χ3n) is 1.06. The van der Waals surface area contributed by atoms with Gasteiger partial charge in [-0.05, 0) is 6.92 Å². The molecule has 0 aromatic heterocycles. The average Bonchev–Trinajstić information content (AvgIpc) is 1.63. The van der Waals surface area contributed by atoms with Gasteiger partial charge in [-0.3, -0.25) is 0 Å². The molecule has 7 heavy (non-hydrogen) atoms. The van der Waals surface area contributed by atoms with Gasteiger partial charge < -0.3 is 0 Å².